The van der Waals surface area contributed by atoms with Crippen LogP contribution < -0.4 is 5.69 Å². The number of halogens is 1. The van der Waals surface area contributed by atoms with Crippen molar-refractivity contribution in [2.75, 3.05) is 0 Å². The maximum Gasteiger partial charge on any atom is 0.343 e. The molecule has 0 saturated carbocycles. The first kappa shape index (κ1) is 8.70. The van der Waals surface area contributed by atoms with Gasteiger partial charge in [0.25, 0.3) is 0 Å². The van der Waals surface area contributed by atoms with E-state index in [1.165, 1.54) is 17.6 Å². The van der Waals surface area contributed by atoms with Crippen LogP contribution in [-0.4, -0.2) is 14.8 Å². The summed E-state index contributed by atoms with van der Waals surface area (Å²) in [5.74, 6) is -0.0498. The summed E-state index contributed by atoms with van der Waals surface area (Å²) in [7, 11) is 0. The van der Waals surface area contributed by atoms with E-state index >= 15 is 0 Å². The summed E-state index contributed by atoms with van der Waals surface area (Å²) >= 11 is 0. The Morgan fingerprint density at radius 1 is 1.83 bits per heavy atom. The highest BCUT2D eigenvalue weighted by Gasteiger charge is 2.02. The van der Waals surface area contributed by atoms with Crippen molar-refractivity contribution in [3.63, 3.8) is 0 Å². The summed E-state index contributed by atoms with van der Waals surface area (Å²) in [6.45, 7) is 3.58. The van der Waals surface area contributed by atoms with E-state index in [4.69, 9.17) is 0 Å². The van der Waals surface area contributed by atoms with Crippen LogP contribution >= 0.6 is 0 Å². The molecule has 66 valence electrons. The van der Waals surface area contributed by atoms with E-state index < -0.39 is 0 Å². The lowest BCUT2D eigenvalue weighted by molar-refractivity contribution is 0.644. The lowest BCUT2D eigenvalue weighted by atomic mass is 10.4. The number of allylic oxidation sites excluding steroid dienone is 1. The number of rotatable bonds is 2. The molecule has 5 heteroatoms. The minimum absolute atomic E-state index is 0.315. The Morgan fingerprint density at radius 3 is 3.00 bits per heavy atom. The van der Waals surface area contributed by atoms with E-state index in [1.54, 1.807) is 6.92 Å². The number of hydrogen-bond donors (Lipinski definition) is 1. The molecule has 1 rings (SSSR count). The van der Waals surface area contributed by atoms with Gasteiger partial charge >= 0.3 is 5.69 Å². The van der Waals surface area contributed by atoms with Crippen molar-refractivity contribution in [1.82, 2.24) is 14.8 Å². The topological polar surface area (TPSA) is 50.7 Å². The summed E-state index contributed by atoms with van der Waals surface area (Å²) in [6, 6.07) is 0. The third-order valence-corrected chi connectivity index (χ3v) is 1.43. The Balaban J connectivity index is 3.16. The van der Waals surface area contributed by atoms with Crippen LogP contribution in [-0.2, 0) is 6.54 Å². The number of nitrogens with zero attached hydrogens (tertiary/aromatic N) is 2. The fraction of sp³-hybridized carbons (Fsp3) is 0.429. The average molecular weight is 171 g/mol. The minimum Gasteiger partial charge on any atom is -0.276 e. The highest BCUT2D eigenvalue weighted by atomic mass is 19.1. The quantitative estimate of drug-likeness (QED) is 0.719. The van der Waals surface area contributed by atoms with Crippen LogP contribution in [0.2, 0.25) is 0 Å². The van der Waals surface area contributed by atoms with Gasteiger partial charge in [-0.05, 0) is 13.8 Å². The highest BCUT2D eigenvalue weighted by molar-refractivity contribution is 5.41. The van der Waals surface area contributed by atoms with Gasteiger partial charge in [-0.15, -0.1) is 0 Å². The first-order chi connectivity index (χ1) is 5.65. The molecule has 0 aliphatic carbocycles. The van der Waals surface area contributed by atoms with E-state index in [2.05, 4.69) is 10.2 Å². The predicted octanol–water partition coefficient (Wildman–Crippen LogP) is 0.922. The predicted molar refractivity (Wildman–Crippen MR) is 43.3 cm³/mol. The van der Waals surface area contributed by atoms with Gasteiger partial charge in [0.1, 0.15) is 5.83 Å². The minimum atomic E-state index is -0.372. The van der Waals surface area contributed by atoms with Gasteiger partial charge in [-0.1, -0.05) is 0 Å². The van der Waals surface area contributed by atoms with Crippen LogP contribution in [0.25, 0.3) is 6.08 Å². The van der Waals surface area contributed by atoms with Crippen molar-refractivity contribution < 1.29 is 4.39 Å². The van der Waals surface area contributed by atoms with Gasteiger partial charge in [0.2, 0.25) is 0 Å². The van der Waals surface area contributed by atoms with E-state index in [1.807, 2.05) is 0 Å². The van der Waals surface area contributed by atoms with Crippen molar-refractivity contribution >= 4 is 6.08 Å². The third-order valence-electron chi connectivity index (χ3n) is 1.43. The molecule has 0 unspecified atom stereocenters. The third kappa shape index (κ3) is 1.61. The highest BCUT2D eigenvalue weighted by Crippen LogP contribution is 2.01. The number of H-pyrrole nitrogens is 1. The molecule has 4 nitrogen and oxygen atoms in total. The molecule has 0 amide bonds. The van der Waals surface area contributed by atoms with Gasteiger partial charge in [-0.2, -0.15) is 5.10 Å². The van der Waals surface area contributed by atoms with Crippen LogP contribution in [0.5, 0.6) is 0 Å². The lowest BCUT2D eigenvalue weighted by Gasteiger charge is -1.94. The molecular weight excluding hydrogens is 161 g/mol. The maximum absolute atomic E-state index is 12.4. The molecule has 0 aromatic carbocycles. The van der Waals surface area contributed by atoms with Crippen molar-refractivity contribution in [2.45, 2.75) is 20.4 Å². The molecule has 1 heterocycles. The van der Waals surface area contributed by atoms with E-state index in [0.29, 0.717) is 12.4 Å². The lowest BCUT2D eigenvalue weighted by Crippen LogP contribution is -2.16. The fourth-order valence-electron chi connectivity index (χ4n) is 0.924. The smallest absolute Gasteiger partial charge is 0.276 e. The average Bonchev–Trinajstić information content (AvgIpc) is 2.30. The van der Waals surface area contributed by atoms with Gasteiger partial charge < -0.3 is 0 Å². The molecule has 1 N–H and O–H groups in total. The van der Waals surface area contributed by atoms with Crippen molar-refractivity contribution in [3.05, 3.63) is 22.1 Å². The molecule has 1 aromatic heterocycles. The van der Waals surface area contributed by atoms with Crippen molar-refractivity contribution in [2.24, 2.45) is 0 Å². The van der Waals surface area contributed by atoms with Crippen LogP contribution in [0, 0.1) is 0 Å². The molecule has 0 atom stereocenters. The summed E-state index contributed by atoms with van der Waals surface area (Å²) < 4.78 is 13.8. The van der Waals surface area contributed by atoms with Crippen LogP contribution in [0.4, 0.5) is 4.39 Å². The molecular formula is C7H10FN3O. The van der Waals surface area contributed by atoms with Crippen LogP contribution in [0.1, 0.15) is 19.7 Å². The molecule has 0 aliphatic heterocycles. The van der Waals surface area contributed by atoms with E-state index in [9.17, 15) is 9.18 Å². The maximum atomic E-state index is 12.4. The van der Waals surface area contributed by atoms with Crippen LogP contribution in [0.15, 0.2) is 10.6 Å². The fourth-order valence-corrected chi connectivity index (χ4v) is 0.924. The first-order valence-corrected chi connectivity index (χ1v) is 3.64. The molecule has 0 fully saturated rings. The Morgan fingerprint density at radius 2 is 2.50 bits per heavy atom. The second-order valence-corrected chi connectivity index (χ2v) is 2.36. The molecule has 0 aliphatic rings. The molecule has 12 heavy (non-hydrogen) atoms. The van der Waals surface area contributed by atoms with E-state index in [-0.39, 0.29) is 11.5 Å². The van der Waals surface area contributed by atoms with Gasteiger partial charge in [0.15, 0.2) is 5.82 Å². The summed E-state index contributed by atoms with van der Waals surface area (Å²) in [5, 5.41) is 5.88. The standard InChI is InChI=1S/C7H10FN3O/c1-3-11-6(4-5(2)8)9-10-7(11)12/h4H,3H2,1-2H3,(H,10,12)/b5-4+. The second-order valence-electron chi connectivity index (χ2n) is 2.36. The summed E-state index contributed by atoms with van der Waals surface area (Å²) in [6.07, 6.45) is 1.21. The molecule has 0 spiro atoms. The molecule has 0 radical (unpaired) electrons. The zero-order chi connectivity index (χ0) is 9.14. The number of aromatic nitrogens is 3. The Hall–Kier alpha value is -1.39. The van der Waals surface area contributed by atoms with Gasteiger partial charge in [-0.25, -0.2) is 14.3 Å². The SMILES string of the molecule is CCn1c(/C=C(\C)F)n[nH]c1=O. The largest absolute Gasteiger partial charge is 0.343 e. The zero-order valence-electron chi connectivity index (χ0n) is 6.97. The van der Waals surface area contributed by atoms with Gasteiger partial charge in [0, 0.05) is 12.6 Å². The second kappa shape index (κ2) is 3.34. The first-order valence-electron chi connectivity index (χ1n) is 3.64. The normalized spacial score (nSPS) is 12.1. The number of nitrogens with one attached hydrogen (secondary N) is 1. The van der Waals surface area contributed by atoms with Crippen molar-refractivity contribution in [1.29, 1.82) is 0 Å². The molecule has 1 aromatic rings. The monoisotopic (exact) mass is 171 g/mol. The van der Waals surface area contributed by atoms with E-state index in [0.717, 1.165) is 0 Å². The molecule has 0 bridgehead atoms. The Bertz CT molecular complexity index is 346. The van der Waals surface area contributed by atoms with Gasteiger partial charge in [-0.3, -0.25) is 4.57 Å². The van der Waals surface area contributed by atoms with Crippen molar-refractivity contribution in [3.8, 4) is 0 Å². The molecule has 0 saturated heterocycles. The number of hydrogen-bond acceptors (Lipinski definition) is 2. The zero-order valence-corrected chi connectivity index (χ0v) is 6.97. The van der Waals surface area contributed by atoms with Crippen LogP contribution in [0.3, 0.4) is 0 Å². The summed E-state index contributed by atoms with van der Waals surface area (Å²) in [4.78, 5) is 10.9. The Kier molecular flexibility index (Phi) is 2.42. The number of aromatic amines is 1. The summed E-state index contributed by atoms with van der Waals surface area (Å²) in [5.41, 5.74) is -0.315. The Labute approximate surface area is 68.7 Å². The van der Waals surface area contributed by atoms with Gasteiger partial charge in [0.05, 0.1) is 0 Å².